The lowest BCUT2D eigenvalue weighted by Crippen LogP contribution is -2.54. The van der Waals surface area contributed by atoms with Crippen LogP contribution in [0.2, 0.25) is 10.0 Å². The number of fused-ring (bicyclic) bond motifs is 4. The van der Waals surface area contributed by atoms with E-state index in [1.807, 2.05) is 40.1 Å². The molecule has 4 atom stereocenters. The van der Waals surface area contributed by atoms with Crippen molar-refractivity contribution in [3.63, 3.8) is 0 Å². The van der Waals surface area contributed by atoms with E-state index in [-0.39, 0.29) is 23.4 Å². The SMILES string of the molecule is NC(=O)Nc1cc(Cl)ccc1/C=C/C(=O)N1CC2CCC(C1)N2Cc1ccc(F)cc1.Nc1cc(Cl)ccc1/C=C/C(=O)N1CC2CCC(C1)N2Cc1ccc(F)cc1. The van der Waals surface area contributed by atoms with E-state index in [2.05, 4.69) is 15.1 Å². The zero-order valence-corrected chi connectivity index (χ0v) is 34.0. The second kappa shape index (κ2) is 18.8. The lowest BCUT2D eigenvalue weighted by atomic mass is 10.1. The molecule has 0 aliphatic carbocycles. The summed E-state index contributed by atoms with van der Waals surface area (Å²) in [7, 11) is 0. The molecule has 14 heteroatoms. The maximum atomic E-state index is 13.2. The fourth-order valence-electron chi connectivity index (χ4n) is 8.60. The summed E-state index contributed by atoms with van der Waals surface area (Å²) in [6.45, 7) is 4.32. The number of nitrogens with one attached hydrogen (secondary N) is 1. The number of nitrogens with zero attached hydrogens (tertiary/aromatic N) is 4. The average Bonchev–Trinajstić information content (AvgIpc) is 3.55. The predicted octanol–water partition coefficient (Wildman–Crippen LogP) is 7.81. The van der Waals surface area contributed by atoms with Crippen LogP contribution in [0.5, 0.6) is 0 Å². The molecule has 0 aromatic heterocycles. The van der Waals surface area contributed by atoms with Crippen molar-refractivity contribution in [1.29, 1.82) is 0 Å². The molecule has 0 spiro atoms. The number of benzene rings is 4. The molecule has 4 amide bonds. The van der Waals surface area contributed by atoms with Gasteiger partial charge < -0.3 is 26.6 Å². The molecule has 4 aliphatic rings. The molecular formula is C45H47Cl2F2N7O3. The van der Waals surface area contributed by atoms with E-state index in [9.17, 15) is 23.2 Å². The predicted molar refractivity (Wildman–Crippen MR) is 229 cm³/mol. The van der Waals surface area contributed by atoms with Crippen LogP contribution in [0, 0.1) is 11.6 Å². The number of anilines is 2. The molecule has 59 heavy (non-hydrogen) atoms. The van der Waals surface area contributed by atoms with Gasteiger partial charge in [-0.15, -0.1) is 0 Å². The van der Waals surface area contributed by atoms with E-state index in [0.29, 0.717) is 64.2 Å². The highest BCUT2D eigenvalue weighted by Gasteiger charge is 2.42. The van der Waals surface area contributed by atoms with Gasteiger partial charge in [0.1, 0.15) is 11.6 Å². The average molecular weight is 843 g/mol. The van der Waals surface area contributed by atoms with Crippen molar-refractivity contribution in [2.24, 2.45) is 5.73 Å². The third-order valence-electron chi connectivity index (χ3n) is 11.6. The number of rotatable bonds is 9. The van der Waals surface area contributed by atoms with Crippen molar-refractivity contribution in [3.05, 3.63) is 141 Å². The summed E-state index contributed by atoms with van der Waals surface area (Å²) in [6.07, 6.45) is 10.8. The topological polar surface area (TPSA) is 128 Å². The fraction of sp³-hybridized carbons (Fsp3) is 0.311. The number of likely N-dealkylation sites (tertiary alicyclic amines) is 2. The van der Waals surface area contributed by atoms with E-state index >= 15 is 0 Å². The Labute approximate surface area is 353 Å². The Morgan fingerprint density at radius 2 is 1.03 bits per heavy atom. The van der Waals surface area contributed by atoms with Gasteiger partial charge in [-0.1, -0.05) is 59.6 Å². The third-order valence-corrected chi connectivity index (χ3v) is 12.1. The number of amides is 4. The Morgan fingerprint density at radius 3 is 1.46 bits per heavy atom. The van der Waals surface area contributed by atoms with Crippen molar-refractivity contribution in [3.8, 4) is 0 Å². The van der Waals surface area contributed by atoms with Gasteiger partial charge in [-0.2, -0.15) is 0 Å². The molecule has 10 nitrogen and oxygen atoms in total. The van der Waals surface area contributed by atoms with Gasteiger partial charge >= 0.3 is 6.03 Å². The van der Waals surface area contributed by atoms with Crippen molar-refractivity contribution in [1.82, 2.24) is 19.6 Å². The van der Waals surface area contributed by atoms with Gasteiger partial charge in [0.05, 0.1) is 5.69 Å². The minimum absolute atomic E-state index is 0.00711. The van der Waals surface area contributed by atoms with Crippen molar-refractivity contribution < 1.29 is 23.2 Å². The first kappa shape index (κ1) is 41.9. The Morgan fingerprint density at radius 1 is 0.627 bits per heavy atom. The fourth-order valence-corrected chi connectivity index (χ4v) is 8.96. The molecular weight excluding hydrogens is 795 g/mol. The minimum Gasteiger partial charge on any atom is -0.398 e. The standard InChI is InChI=1S/C23H24ClFN4O2.C22H23ClFN3O/c24-17-5-3-16(21(11-17)27-23(26)31)4-10-22(30)28-13-19-8-9-20(14-28)29(19)12-15-1-6-18(25)7-2-15;23-17-5-3-16(21(25)11-17)4-10-22(28)26-13-19-8-9-20(14-26)27(19)12-15-1-6-18(24)7-2-15/h1-7,10-11,19-20H,8-9,12-14H2,(H3,26,27,31);1-7,10-11,19-20H,8-9,12-14,25H2/b2*10-4+. The smallest absolute Gasteiger partial charge is 0.316 e. The number of primary amides is 1. The molecule has 5 N–H and O–H groups in total. The van der Waals surface area contributed by atoms with Crippen LogP contribution in [-0.2, 0) is 22.7 Å². The number of hydrogen-bond donors (Lipinski definition) is 3. The second-order valence-corrected chi connectivity index (χ2v) is 16.4. The van der Waals surface area contributed by atoms with E-state index < -0.39 is 6.03 Å². The maximum Gasteiger partial charge on any atom is 0.316 e. The van der Waals surface area contributed by atoms with Crippen LogP contribution >= 0.6 is 23.2 Å². The summed E-state index contributed by atoms with van der Waals surface area (Å²) in [5.41, 5.74) is 15.8. The molecule has 4 aromatic carbocycles. The summed E-state index contributed by atoms with van der Waals surface area (Å²) < 4.78 is 26.3. The van der Waals surface area contributed by atoms with Crippen LogP contribution in [0.15, 0.2) is 97.1 Å². The Kier molecular flexibility index (Phi) is 13.3. The van der Waals surface area contributed by atoms with Gasteiger partial charge in [0.2, 0.25) is 11.8 Å². The molecule has 4 fully saturated rings. The molecule has 308 valence electrons. The van der Waals surface area contributed by atoms with Crippen molar-refractivity contribution in [2.75, 3.05) is 37.2 Å². The van der Waals surface area contributed by atoms with Gasteiger partial charge in [0, 0.05) is 91.3 Å². The van der Waals surface area contributed by atoms with E-state index in [1.54, 1.807) is 48.6 Å². The number of nitrogen functional groups attached to an aromatic ring is 1. The van der Waals surface area contributed by atoms with Crippen molar-refractivity contribution >= 4 is 64.6 Å². The summed E-state index contributed by atoms with van der Waals surface area (Å²) >= 11 is 11.9. The number of nitrogens with two attached hydrogens (primary N) is 2. The molecule has 4 saturated heterocycles. The van der Waals surface area contributed by atoms with Gasteiger partial charge in [0.15, 0.2) is 0 Å². The second-order valence-electron chi connectivity index (χ2n) is 15.5. The summed E-state index contributed by atoms with van der Waals surface area (Å²) in [4.78, 5) is 45.4. The lowest BCUT2D eigenvalue weighted by Gasteiger charge is -2.40. The zero-order chi connectivity index (χ0) is 41.6. The quantitative estimate of drug-likeness (QED) is 0.117. The highest BCUT2D eigenvalue weighted by atomic mass is 35.5. The van der Waals surface area contributed by atoms with Crippen LogP contribution in [0.25, 0.3) is 12.2 Å². The Bertz CT molecular complexity index is 2190. The first-order valence-electron chi connectivity index (χ1n) is 19.7. The normalized spacial score (nSPS) is 21.5. The molecule has 4 aromatic rings. The first-order valence-corrected chi connectivity index (χ1v) is 20.5. The summed E-state index contributed by atoms with van der Waals surface area (Å²) in [5, 5.41) is 3.56. The first-order chi connectivity index (χ1) is 28.4. The Balaban J connectivity index is 0.000000180. The van der Waals surface area contributed by atoms with Crippen LogP contribution < -0.4 is 16.8 Å². The molecule has 4 bridgehead atoms. The monoisotopic (exact) mass is 841 g/mol. The van der Waals surface area contributed by atoms with E-state index in [4.69, 9.17) is 34.7 Å². The largest absolute Gasteiger partial charge is 0.398 e. The van der Waals surface area contributed by atoms with Crippen LogP contribution in [0.3, 0.4) is 0 Å². The molecule has 0 saturated carbocycles. The number of halogens is 4. The maximum absolute atomic E-state index is 13.2. The van der Waals surface area contributed by atoms with Gasteiger partial charge in [-0.25, -0.2) is 13.6 Å². The third kappa shape index (κ3) is 10.7. The number of hydrogen-bond acceptors (Lipinski definition) is 6. The van der Waals surface area contributed by atoms with E-state index in [0.717, 1.165) is 68.6 Å². The number of carbonyl (C=O) groups is 3. The van der Waals surface area contributed by atoms with Crippen LogP contribution in [0.1, 0.15) is 47.9 Å². The van der Waals surface area contributed by atoms with E-state index in [1.165, 1.54) is 30.3 Å². The lowest BCUT2D eigenvalue weighted by molar-refractivity contribution is -0.130. The molecule has 4 heterocycles. The van der Waals surface area contributed by atoms with Gasteiger partial charge in [0.25, 0.3) is 0 Å². The zero-order valence-electron chi connectivity index (χ0n) is 32.5. The van der Waals surface area contributed by atoms with Crippen LogP contribution in [-0.4, -0.2) is 87.8 Å². The highest BCUT2D eigenvalue weighted by Crippen LogP contribution is 2.33. The van der Waals surface area contributed by atoms with Crippen LogP contribution in [0.4, 0.5) is 25.0 Å². The minimum atomic E-state index is -0.697. The number of piperazine rings is 2. The highest BCUT2D eigenvalue weighted by molar-refractivity contribution is 6.31. The molecule has 8 rings (SSSR count). The number of carbonyl (C=O) groups excluding carboxylic acids is 3. The summed E-state index contributed by atoms with van der Waals surface area (Å²) in [6, 6.07) is 24.1. The summed E-state index contributed by atoms with van der Waals surface area (Å²) in [5.74, 6) is -0.509. The van der Waals surface area contributed by atoms with Crippen molar-refractivity contribution in [2.45, 2.75) is 62.9 Å². The van der Waals surface area contributed by atoms with Gasteiger partial charge in [-0.3, -0.25) is 19.4 Å². The molecule has 0 radical (unpaired) electrons. The van der Waals surface area contributed by atoms with Gasteiger partial charge in [-0.05, 0) is 109 Å². The number of urea groups is 1. The molecule has 4 aliphatic heterocycles. The molecule has 4 unspecified atom stereocenters. The Hall–Kier alpha value is -5.27.